The van der Waals surface area contributed by atoms with E-state index < -0.39 is 10.0 Å². The Morgan fingerprint density at radius 3 is 3.10 bits per heavy atom. The molecule has 1 saturated heterocycles. The van der Waals surface area contributed by atoms with E-state index in [1.54, 1.807) is 14.9 Å². The van der Waals surface area contributed by atoms with Gasteiger partial charge in [0.2, 0.25) is 0 Å². The summed E-state index contributed by atoms with van der Waals surface area (Å²) in [7, 11) is -3.56. The van der Waals surface area contributed by atoms with Crippen molar-refractivity contribution >= 4 is 32.1 Å². The molecule has 0 spiro atoms. The predicted molar refractivity (Wildman–Crippen MR) is 79.3 cm³/mol. The van der Waals surface area contributed by atoms with Crippen molar-refractivity contribution in [3.8, 4) is 0 Å². The maximum absolute atomic E-state index is 12.8. The topological polar surface area (TPSA) is 80.7 Å². The van der Waals surface area contributed by atoms with Crippen molar-refractivity contribution in [3.05, 3.63) is 11.6 Å². The van der Waals surface area contributed by atoms with Gasteiger partial charge in [-0.25, -0.2) is 13.4 Å². The highest BCUT2D eigenvalue weighted by atomic mass is 32.2. The van der Waals surface area contributed by atoms with Crippen LogP contribution in [-0.2, 0) is 10.0 Å². The molecule has 2 N–H and O–H groups in total. The summed E-state index contributed by atoms with van der Waals surface area (Å²) >= 11 is 1.38. The van der Waals surface area contributed by atoms with E-state index in [1.165, 1.54) is 11.3 Å². The van der Waals surface area contributed by atoms with E-state index in [0.29, 0.717) is 24.0 Å². The van der Waals surface area contributed by atoms with Crippen molar-refractivity contribution in [2.24, 2.45) is 5.92 Å². The third-order valence-electron chi connectivity index (χ3n) is 3.77. The van der Waals surface area contributed by atoms with Crippen molar-refractivity contribution < 1.29 is 8.42 Å². The van der Waals surface area contributed by atoms with Crippen molar-refractivity contribution in [1.82, 2.24) is 13.7 Å². The monoisotopic (exact) mass is 314 g/mol. The van der Waals surface area contributed by atoms with Gasteiger partial charge in [-0.2, -0.15) is 4.31 Å². The van der Waals surface area contributed by atoms with Crippen molar-refractivity contribution in [2.45, 2.75) is 31.2 Å². The van der Waals surface area contributed by atoms with Gasteiger partial charge in [0.15, 0.2) is 15.8 Å². The number of aromatic nitrogens is 2. The van der Waals surface area contributed by atoms with Gasteiger partial charge in [0.1, 0.15) is 0 Å². The Balaban J connectivity index is 1.96. The molecular weight excluding hydrogens is 296 g/mol. The maximum Gasteiger partial charge on any atom is 0.262 e. The zero-order chi connectivity index (χ0) is 14.3. The van der Waals surface area contributed by atoms with E-state index in [1.807, 2.05) is 5.38 Å². The number of anilines is 1. The van der Waals surface area contributed by atoms with Crippen LogP contribution in [0.3, 0.4) is 0 Å². The second-order valence-electron chi connectivity index (χ2n) is 5.16. The zero-order valence-corrected chi connectivity index (χ0v) is 13.0. The minimum Gasteiger partial charge on any atom is -0.381 e. The average Bonchev–Trinajstić information content (AvgIpc) is 3.04. The summed E-state index contributed by atoms with van der Waals surface area (Å²) in [4.78, 5) is 4.74. The Kier molecular flexibility index (Phi) is 3.47. The number of hydrogen-bond acceptors (Lipinski definition) is 5. The van der Waals surface area contributed by atoms with Gasteiger partial charge in [0, 0.05) is 24.7 Å². The van der Waals surface area contributed by atoms with E-state index in [0.717, 1.165) is 19.3 Å². The molecule has 6 nitrogen and oxygen atoms in total. The Morgan fingerprint density at radius 1 is 1.55 bits per heavy atom. The number of nitrogens with two attached hydrogens (primary N) is 1. The molecule has 1 aliphatic heterocycles. The van der Waals surface area contributed by atoms with Crippen molar-refractivity contribution in [3.63, 3.8) is 0 Å². The summed E-state index contributed by atoms with van der Waals surface area (Å²) in [6.07, 6.45) is 4.79. The molecule has 2 aromatic heterocycles. The van der Waals surface area contributed by atoms with Gasteiger partial charge >= 0.3 is 0 Å². The first kappa shape index (κ1) is 13.8. The molecule has 1 atom stereocenters. The highest BCUT2D eigenvalue weighted by Gasteiger charge is 2.35. The Morgan fingerprint density at radius 2 is 2.35 bits per heavy atom. The lowest BCUT2D eigenvalue weighted by atomic mass is 10.0. The molecule has 1 unspecified atom stereocenters. The quantitative estimate of drug-likeness (QED) is 0.933. The molecule has 0 amide bonds. The second kappa shape index (κ2) is 5.01. The summed E-state index contributed by atoms with van der Waals surface area (Å²) in [5, 5.41) is 1.93. The van der Waals surface area contributed by atoms with Gasteiger partial charge < -0.3 is 5.73 Å². The molecule has 0 saturated carbocycles. The molecule has 2 aromatic rings. The first-order valence-electron chi connectivity index (χ1n) is 6.75. The first-order valence-corrected chi connectivity index (χ1v) is 9.07. The predicted octanol–water partition coefficient (Wildman–Crippen LogP) is 1.79. The third kappa shape index (κ3) is 2.11. The van der Waals surface area contributed by atoms with Crippen LogP contribution in [0.5, 0.6) is 0 Å². The summed E-state index contributed by atoms with van der Waals surface area (Å²) < 4.78 is 28.7. The summed E-state index contributed by atoms with van der Waals surface area (Å²) in [5.74, 6) is 0.553. The SMILES string of the molecule is CCCC1CCN(S(=O)(=O)c2c(N)nc3sccn23)C1. The van der Waals surface area contributed by atoms with Crippen LogP contribution in [0, 0.1) is 5.92 Å². The van der Waals surface area contributed by atoms with Crippen molar-refractivity contribution in [2.75, 3.05) is 18.8 Å². The van der Waals surface area contributed by atoms with Crippen LogP contribution in [0.2, 0.25) is 0 Å². The molecule has 0 radical (unpaired) electrons. The Bertz CT molecular complexity index is 719. The summed E-state index contributed by atoms with van der Waals surface area (Å²) in [5.41, 5.74) is 5.81. The lowest BCUT2D eigenvalue weighted by Gasteiger charge is -2.16. The second-order valence-corrected chi connectivity index (χ2v) is 7.89. The van der Waals surface area contributed by atoms with Gasteiger partial charge in [0.25, 0.3) is 10.0 Å². The molecule has 8 heteroatoms. The average molecular weight is 314 g/mol. The lowest BCUT2D eigenvalue weighted by Crippen LogP contribution is -2.30. The number of fused-ring (bicyclic) bond motifs is 1. The molecule has 0 aliphatic carbocycles. The number of sulfonamides is 1. The zero-order valence-electron chi connectivity index (χ0n) is 11.3. The Hall–Kier alpha value is -1.12. The number of rotatable bonds is 4. The fourth-order valence-corrected chi connectivity index (χ4v) is 5.30. The fourth-order valence-electron chi connectivity index (χ4n) is 2.82. The standard InChI is InChI=1S/C12H18N4O2S2/c1-2-3-9-4-5-15(8-9)20(17,18)11-10(13)14-12-16(11)6-7-19-12/h6-7,9H,2-5,8,13H2,1H3. The molecule has 3 heterocycles. The van der Waals surface area contributed by atoms with Crippen LogP contribution in [0.1, 0.15) is 26.2 Å². The minimum atomic E-state index is -3.56. The number of nitrogen functional groups attached to an aromatic ring is 1. The molecule has 0 bridgehead atoms. The number of nitrogens with zero attached hydrogens (tertiary/aromatic N) is 3. The largest absolute Gasteiger partial charge is 0.381 e. The van der Waals surface area contributed by atoms with E-state index in [9.17, 15) is 8.42 Å². The van der Waals surface area contributed by atoms with Crippen molar-refractivity contribution in [1.29, 1.82) is 0 Å². The van der Waals surface area contributed by atoms with E-state index >= 15 is 0 Å². The van der Waals surface area contributed by atoms with Gasteiger partial charge in [0.05, 0.1) is 0 Å². The Labute approximate surface area is 122 Å². The molecule has 110 valence electrons. The summed E-state index contributed by atoms with van der Waals surface area (Å²) in [6, 6.07) is 0. The molecule has 1 aliphatic rings. The number of thiazole rings is 1. The molecule has 0 aromatic carbocycles. The molecule has 1 fully saturated rings. The fraction of sp³-hybridized carbons (Fsp3) is 0.583. The van der Waals surface area contributed by atoms with Gasteiger partial charge in [-0.15, -0.1) is 11.3 Å². The molecular formula is C12H18N4O2S2. The van der Waals surface area contributed by atoms with Gasteiger partial charge in [-0.1, -0.05) is 13.3 Å². The van der Waals surface area contributed by atoms with Crippen LogP contribution in [0.4, 0.5) is 5.82 Å². The summed E-state index contributed by atoms with van der Waals surface area (Å²) in [6.45, 7) is 3.29. The van der Waals surface area contributed by atoms with Crippen LogP contribution in [-0.4, -0.2) is 35.2 Å². The highest BCUT2D eigenvalue weighted by Crippen LogP contribution is 2.30. The van der Waals surface area contributed by atoms with E-state index in [4.69, 9.17) is 5.73 Å². The minimum absolute atomic E-state index is 0.0933. The molecule has 3 rings (SSSR count). The van der Waals surface area contributed by atoms with E-state index in [-0.39, 0.29) is 10.8 Å². The normalized spacial score (nSPS) is 20.9. The first-order chi connectivity index (χ1) is 9.54. The number of imidazole rings is 1. The van der Waals surface area contributed by atoms with Gasteiger partial charge in [-0.3, -0.25) is 4.40 Å². The lowest BCUT2D eigenvalue weighted by molar-refractivity contribution is 0.442. The molecule has 20 heavy (non-hydrogen) atoms. The van der Waals surface area contributed by atoms with Gasteiger partial charge in [-0.05, 0) is 18.8 Å². The van der Waals surface area contributed by atoms with Crippen LogP contribution in [0.15, 0.2) is 16.6 Å². The highest BCUT2D eigenvalue weighted by molar-refractivity contribution is 7.89. The third-order valence-corrected chi connectivity index (χ3v) is 6.44. The van der Waals surface area contributed by atoms with Crippen LogP contribution >= 0.6 is 11.3 Å². The van der Waals surface area contributed by atoms with Crippen LogP contribution < -0.4 is 5.73 Å². The van der Waals surface area contributed by atoms with Crippen LogP contribution in [0.25, 0.3) is 4.96 Å². The maximum atomic E-state index is 12.8. The number of hydrogen-bond donors (Lipinski definition) is 1. The smallest absolute Gasteiger partial charge is 0.262 e. The van der Waals surface area contributed by atoms with E-state index in [2.05, 4.69) is 11.9 Å².